The van der Waals surface area contributed by atoms with Gasteiger partial charge in [0.1, 0.15) is 0 Å². The van der Waals surface area contributed by atoms with Crippen molar-refractivity contribution in [2.45, 2.75) is 6.42 Å². The molecule has 3 heterocycles. The molecule has 0 unspecified atom stereocenters. The Morgan fingerprint density at radius 2 is 2.32 bits per heavy atom. The fraction of sp³-hybridized carbons (Fsp3) is 0.154. The summed E-state index contributed by atoms with van der Waals surface area (Å²) in [6.45, 7) is 0.995. The number of fused-ring (bicyclic) bond motifs is 1. The molecule has 1 aliphatic rings. The summed E-state index contributed by atoms with van der Waals surface area (Å²) in [6, 6.07) is 6.20. The van der Waals surface area contributed by atoms with Crippen LogP contribution in [-0.2, 0) is 6.42 Å². The summed E-state index contributed by atoms with van der Waals surface area (Å²) in [5.74, 6) is 1.13. The van der Waals surface area contributed by atoms with Crippen molar-refractivity contribution in [3.05, 3.63) is 35.5 Å². The molecular formula is C13H10N4OS. The number of hydrogen-bond donors (Lipinski definition) is 1. The number of nitrogens with zero attached hydrogens (tertiary/aromatic N) is 3. The third-order valence-electron chi connectivity index (χ3n) is 3.15. The van der Waals surface area contributed by atoms with Crippen molar-refractivity contribution in [2.24, 2.45) is 0 Å². The highest BCUT2D eigenvalue weighted by Gasteiger charge is 2.15. The van der Waals surface area contributed by atoms with Crippen LogP contribution < -0.4 is 5.32 Å². The first kappa shape index (κ1) is 10.7. The normalized spacial score (nSPS) is 13.3. The molecule has 94 valence electrons. The second kappa shape index (κ2) is 4.17. The predicted molar refractivity (Wildman–Crippen MR) is 73.0 cm³/mol. The van der Waals surface area contributed by atoms with E-state index < -0.39 is 0 Å². The van der Waals surface area contributed by atoms with Crippen LogP contribution in [0.3, 0.4) is 0 Å². The van der Waals surface area contributed by atoms with E-state index in [1.54, 1.807) is 11.7 Å². The quantitative estimate of drug-likeness (QED) is 0.775. The van der Waals surface area contributed by atoms with Crippen molar-refractivity contribution in [2.75, 3.05) is 11.9 Å². The van der Waals surface area contributed by atoms with Crippen molar-refractivity contribution in [3.63, 3.8) is 0 Å². The maximum atomic E-state index is 5.32. The van der Waals surface area contributed by atoms with Crippen molar-refractivity contribution in [1.29, 1.82) is 0 Å². The first-order valence-electron chi connectivity index (χ1n) is 6.00. The van der Waals surface area contributed by atoms with E-state index >= 15 is 0 Å². The lowest BCUT2D eigenvalue weighted by Gasteiger charge is -2.00. The van der Waals surface area contributed by atoms with E-state index in [1.165, 1.54) is 16.9 Å². The van der Waals surface area contributed by atoms with E-state index in [2.05, 4.69) is 32.6 Å². The molecule has 0 saturated carbocycles. The van der Waals surface area contributed by atoms with E-state index in [0.717, 1.165) is 29.1 Å². The average Bonchev–Trinajstić information content (AvgIpc) is 3.18. The maximum Gasteiger partial charge on any atom is 0.258 e. The molecule has 1 aliphatic heterocycles. The molecule has 0 spiro atoms. The van der Waals surface area contributed by atoms with E-state index in [-0.39, 0.29) is 0 Å². The summed E-state index contributed by atoms with van der Waals surface area (Å²) in [5.41, 5.74) is 5.20. The van der Waals surface area contributed by atoms with Gasteiger partial charge in [0, 0.05) is 24.0 Å². The average molecular weight is 270 g/mol. The van der Waals surface area contributed by atoms with Gasteiger partial charge in [-0.05, 0) is 24.1 Å². The van der Waals surface area contributed by atoms with Crippen LogP contribution in [0.15, 0.2) is 34.4 Å². The van der Waals surface area contributed by atoms with Gasteiger partial charge in [0.05, 0.1) is 10.4 Å². The Labute approximate surface area is 113 Å². The number of rotatable bonds is 2. The molecule has 19 heavy (non-hydrogen) atoms. The summed E-state index contributed by atoms with van der Waals surface area (Å²) in [4.78, 5) is 9.34. The molecule has 0 aliphatic carbocycles. The molecule has 0 bridgehead atoms. The minimum atomic E-state index is 0.542. The third-order valence-corrected chi connectivity index (χ3v) is 3.91. The third kappa shape index (κ3) is 1.80. The number of aromatic nitrogens is 3. The topological polar surface area (TPSA) is 63.8 Å². The first-order valence-corrected chi connectivity index (χ1v) is 6.88. The van der Waals surface area contributed by atoms with Crippen LogP contribution in [-0.4, -0.2) is 21.7 Å². The number of nitrogens with one attached hydrogen (secondary N) is 1. The second-order valence-corrected chi connectivity index (χ2v) is 5.22. The zero-order chi connectivity index (χ0) is 12.7. The van der Waals surface area contributed by atoms with Gasteiger partial charge in [0.15, 0.2) is 0 Å². The van der Waals surface area contributed by atoms with Crippen LogP contribution in [0.4, 0.5) is 5.69 Å². The van der Waals surface area contributed by atoms with Gasteiger partial charge in [-0.25, -0.2) is 0 Å². The molecule has 2 aromatic heterocycles. The van der Waals surface area contributed by atoms with Gasteiger partial charge in [-0.1, -0.05) is 11.2 Å². The largest absolute Gasteiger partial charge is 0.384 e. The highest BCUT2D eigenvalue weighted by molar-refractivity contribution is 7.13. The van der Waals surface area contributed by atoms with Crippen molar-refractivity contribution in [3.8, 4) is 22.2 Å². The smallest absolute Gasteiger partial charge is 0.258 e. The number of thiazole rings is 1. The lowest BCUT2D eigenvalue weighted by Crippen LogP contribution is -1.91. The molecule has 0 radical (unpaired) electrons. The van der Waals surface area contributed by atoms with E-state index in [0.29, 0.717) is 11.7 Å². The molecule has 6 heteroatoms. The fourth-order valence-corrected chi connectivity index (χ4v) is 2.74. The predicted octanol–water partition coefficient (Wildman–Crippen LogP) is 2.83. The zero-order valence-electron chi connectivity index (χ0n) is 9.96. The Morgan fingerprint density at radius 3 is 3.21 bits per heavy atom. The summed E-state index contributed by atoms with van der Waals surface area (Å²) in [7, 11) is 0. The van der Waals surface area contributed by atoms with Crippen LogP contribution in [0.1, 0.15) is 5.56 Å². The Balaban J connectivity index is 1.73. The van der Waals surface area contributed by atoms with Gasteiger partial charge >= 0.3 is 0 Å². The van der Waals surface area contributed by atoms with Crippen molar-refractivity contribution < 1.29 is 4.52 Å². The van der Waals surface area contributed by atoms with Crippen molar-refractivity contribution >= 4 is 17.0 Å². The number of hydrogen-bond acceptors (Lipinski definition) is 6. The van der Waals surface area contributed by atoms with Gasteiger partial charge in [0.2, 0.25) is 5.82 Å². The van der Waals surface area contributed by atoms with Crippen LogP contribution in [0.5, 0.6) is 0 Å². The highest BCUT2D eigenvalue weighted by atomic mass is 32.1. The standard InChI is InChI=1S/C13H10N4OS/c1-2-9(5-10-8(1)3-4-15-10)13-16-12(17-18-13)11-6-14-7-19-11/h1-2,5-7,15H,3-4H2. The van der Waals surface area contributed by atoms with Crippen LogP contribution in [0, 0.1) is 0 Å². The van der Waals surface area contributed by atoms with Crippen LogP contribution in [0.2, 0.25) is 0 Å². The summed E-state index contributed by atoms with van der Waals surface area (Å²) >= 11 is 1.50. The minimum absolute atomic E-state index is 0.542. The molecule has 3 aromatic rings. The molecule has 0 amide bonds. The number of anilines is 1. The molecule has 1 N–H and O–H groups in total. The van der Waals surface area contributed by atoms with Gasteiger partial charge < -0.3 is 9.84 Å². The molecule has 0 saturated heterocycles. The molecule has 1 aromatic carbocycles. The van der Waals surface area contributed by atoms with Crippen LogP contribution >= 0.6 is 11.3 Å². The Kier molecular flexibility index (Phi) is 2.34. The lowest BCUT2D eigenvalue weighted by molar-refractivity contribution is 0.432. The minimum Gasteiger partial charge on any atom is -0.384 e. The summed E-state index contributed by atoms with van der Waals surface area (Å²) in [6.07, 6.45) is 2.81. The fourth-order valence-electron chi connectivity index (χ4n) is 2.19. The molecular weight excluding hydrogens is 260 g/mol. The summed E-state index contributed by atoms with van der Waals surface area (Å²) in [5, 5.41) is 7.34. The van der Waals surface area contributed by atoms with Gasteiger partial charge in [-0.3, -0.25) is 4.98 Å². The molecule has 0 fully saturated rings. The monoisotopic (exact) mass is 270 g/mol. The van der Waals surface area contributed by atoms with Gasteiger partial charge in [-0.2, -0.15) is 4.98 Å². The maximum absolute atomic E-state index is 5.32. The Hall–Kier alpha value is -2.21. The second-order valence-electron chi connectivity index (χ2n) is 4.34. The van der Waals surface area contributed by atoms with E-state index in [1.807, 2.05) is 6.07 Å². The van der Waals surface area contributed by atoms with Gasteiger partial charge in [-0.15, -0.1) is 11.3 Å². The molecule has 0 atom stereocenters. The molecule has 5 nitrogen and oxygen atoms in total. The zero-order valence-corrected chi connectivity index (χ0v) is 10.8. The number of benzene rings is 1. The van der Waals surface area contributed by atoms with E-state index in [9.17, 15) is 0 Å². The molecule has 4 rings (SSSR count). The lowest BCUT2D eigenvalue weighted by atomic mass is 10.1. The van der Waals surface area contributed by atoms with Crippen LogP contribution in [0.25, 0.3) is 22.2 Å². The highest BCUT2D eigenvalue weighted by Crippen LogP contribution is 2.29. The Bertz CT molecular complexity index is 720. The SMILES string of the molecule is c1ncc(-c2noc(-c3ccc4c(c3)NCC4)n2)s1. The van der Waals surface area contributed by atoms with Crippen molar-refractivity contribution in [1.82, 2.24) is 15.1 Å². The summed E-state index contributed by atoms with van der Waals surface area (Å²) < 4.78 is 5.32. The van der Waals surface area contributed by atoms with E-state index in [4.69, 9.17) is 4.52 Å². The van der Waals surface area contributed by atoms with Gasteiger partial charge in [0.25, 0.3) is 5.89 Å². The Morgan fingerprint density at radius 1 is 1.32 bits per heavy atom. The first-order chi connectivity index (χ1) is 9.40.